The van der Waals surface area contributed by atoms with Crippen LogP contribution in [0.4, 0.5) is 0 Å². The SMILES string of the molecule is Cc1ccc(C(OC(=O)C(C)(C)C)c2ccccc2C(OC(=O)C(C)(C)C)c2ccc(C)c3ccccc23)cc1. The van der Waals surface area contributed by atoms with Crippen LogP contribution in [0.3, 0.4) is 0 Å². The van der Waals surface area contributed by atoms with Gasteiger partial charge in [-0.25, -0.2) is 0 Å². The summed E-state index contributed by atoms with van der Waals surface area (Å²) in [5.74, 6) is -0.618. The van der Waals surface area contributed by atoms with Gasteiger partial charge in [0.25, 0.3) is 0 Å². The van der Waals surface area contributed by atoms with Crippen LogP contribution >= 0.6 is 0 Å². The first-order chi connectivity index (χ1) is 18.8. The molecule has 0 aromatic heterocycles. The third kappa shape index (κ3) is 6.28. The number of fused-ring (bicyclic) bond motifs is 1. The standard InChI is InChI=1S/C36H40O4/c1-23-17-20-25(21-18-23)31(39-33(37)35(3,4)5)28-15-11-12-16-29(28)32(40-34(38)36(6,7)8)30-22-19-24(2)26-13-9-10-14-27(26)30/h9-22,31-32H,1-8H3. The summed E-state index contributed by atoms with van der Waals surface area (Å²) in [6, 6.07) is 28.1. The zero-order valence-corrected chi connectivity index (χ0v) is 24.9. The van der Waals surface area contributed by atoms with Crippen LogP contribution in [-0.2, 0) is 19.1 Å². The van der Waals surface area contributed by atoms with Crippen molar-refractivity contribution in [2.45, 2.75) is 67.6 Å². The van der Waals surface area contributed by atoms with Crippen molar-refractivity contribution < 1.29 is 19.1 Å². The van der Waals surface area contributed by atoms with Crippen LogP contribution in [0, 0.1) is 24.7 Å². The minimum Gasteiger partial charge on any atom is -0.452 e. The number of aryl methyl sites for hydroxylation is 2. The van der Waals surface area contributed by atoms with Crippen LogP contribution in [0.15, 0.2) is 84.9 Å². The quantitative estimate of drug-likeness (QED) is 0.231. The van der Waals surface area contributed by atoms with Crippen LogP contribution < -0.4 is 0 Å². The molecule has 0 aliphatic heterocycles. The first-order valence-electron chi connectivity index (χ1n) is 13.8. The fourth-order valence-corrected chi connectivity index (χ4v) is 4.60. The Labute approximate surface area is 238 Å². The Balaban J connectivity index is 1.96. The maximum Gasteiger partial charge on any atom is 0.312 e. The lowest BCUT2D eigenvalue weighted by Crippen LogP contribution is -2.28. The molecule has 0 fully saturated rings. The fraction of sp³-hybridized carbons (Fsp3) is 0.333. The first kappa shape index (κ1) is 29.1. The average Bonchev–Trinajstić information content (AvgIpc) is 2.90. The van der Waals surface area contributed by atoms with Crippen molar-refractivity contribution in [1.29, 1.82) is 0 Å². The summed E-state index contributed by atoms with van der Waals surface area (Å²) in [6.07, 6.45) is -1.40. The fourth-order valence-electron chi connectivity index (χ4n) is 4.60. The van der Waals surface area contributed by atoms with Crippen LogP contribution in [-0.4, -0.2) is 11.9 Å². The van der Waals surface area contributed by atoms with E-state index >= 15 is 0 Å². The number of carbonyl (C=O) groups is 2. The van der Waals surface area contributed by atoms with Crippen LogP contribution in [0.5, 0.6) is 0 Å². The van der Waals surface area contributed by atoms with Gasteiger partial charge < -0.3 is 9.47 Å². The molecular weight excluding hydrogens is 496 g/mol. The van der Waals surface area contributed by atoms with Gasteiger partial charge in [-0.05, 0) is 77.3 Å². The molecule has 4 nitrogen and oxygen atoms in total. The van der Waals surface area contributed by atoms with E-state index in [1.54, 1.807) is 0 Å². The van der Waals surface area contributed by atoms with E-state index in [-0.39, 0.29) is 11.9 Å². The van der Waals surface area contributed by atoms with E-state index in [2.05, 4.69) is 25.1 Å². The Morgan fingerprint density at radius 2 is 1.02 bits per heavy atom. The zero-order valence-electron chi connectivity index (χ0n) is 24.9. The van der Waals surface area contributed by atoms with E-state index in [1.165, 1.54) is 0 Å². The molecule has 0 N–H and O–H groups in total. The number of hydrogen-bond donors (Lipinski definition) is 0. The van der Waals surface area contributed by atoms with Gasteiger partial charge in [-0.15, -0.1) is 0 Å². The number of esters is 2. The van der Waals surface area contributed by atoms with E-state index < -0.39 is 23.0 Å². The van der Waals surface area contributed by atoms with Gasteiger partial charge in [0.2, 0.25) is 0 Å². The maximum absolute atomic E-state index is 13.4. The summed E-state index contributed by atoms with van der Waals surface area (Å²) in [7, 11) is 0. The molecule has 0 saturated heterocycles. The predicted octanol–water partition coefficient (Wildman–Crippen LogP) is 8.81. The number of benzene rings is 4. The largest absolute Gasteiger partial charge is 0.452 e. The summed E-state index contributed by atoms with van der Waals surface area (Å²) in [4.78, 5) is 26.7. The molecule has 2 atom stereocenters. The molecule has 4 heteroatoms. The molecule has 0 aliphatic rings. The molecule has 4 rings (SSSR count). The highest BCUT2D eigenvalue weighted by Gasteiger charge is 2.34. The van der Waals surface area contributed by atoms with Crippen LogP contribution in [0.25, 0.3) is 10.8 Å². The van der Waals surface area contributed by atoms with Gasteiger partial charge in [0, 0.05) is 16.7 Å². The Hall–Kier alpha value is -3.92. The van der Waals surface area contributed by atoms with Crippen LogP contribution in [0.1, 0.15) is 87.1 Å². The summed E-state index contributed by atoms with van der Waals surface area (Å²) in [5.41, 5.74) is 4.15. The second-order valence-corrected chi connectivity index (χ2v) is 12.6. The number of hydrogen-bond acceptors (Lipinski definition) is 4. The van der Waals surface area contributed by atoms with Gasteiger partial charge in [-0.1, -0.05) is 90.5 Å². The van der Waals surface area contributed by atoms with Crippen molar-refractivity contribution in [2.75, 3.05) is 0 Å². The minimum atomic E-state index is -0.713. The highest BCUT2D eigenvalue weighted by Crippen LogP contribution is 2.40. The van der Waals surface area contributed by atoms with Gasteiger partial charge in [0.05, 0.1) is 10.8 Å². The molecule has 40 heavy (non-hydrogen) atoms. The van der Waals surface area contributed by atoms with Gasteiger partial charge in [0.15, 0.2) is 12.2 Å². The van der Waals surface area contributed by atoms with E-state index in [0.29, 0.717) is 0 Å². The minimum absolute atomic E-state index is 0.308. The third-order valence-electron chi connectivity index (χ3n) is 7.07. The number of carbonyl (C=O) groups excluding carboxylic acids is 2. The lowest BCUT2D eigenvalue weighted by atomic mass is 9.87. The molecule has 0 heterocycles. The summed E-state index contributed by atoms with van der Waals surface area (Å²) in [6.45, 7) is 15.2. The average molecular weight is 537 g/mol. The van der Waals surface area contributed by atoms with Crippen molar-refractivity contribution in [2.24, 2.45) is 10.8 Å². The Morgan fingerprint density at radius 1 is 0.550 bits per heavy atom. The molecule has 2 unspecified atom stereocenters. The normalized spacial score (nSPS) is 13.5. The Morgan fingerprint density at radius 3 is 1.57 bits per heavy atom. The van der Waals surface area contributed by atoms with Crippen molar-refractivity contribution in [3.63, 3.8) is 0 Å². The van der Waals surface area contributed by atoms with E-state index in [4.69, 9.17) is 9.47 Å². The second kappa shape index (κ2) is 11.3. The lowest BCUT2D eigenvalue weighted by Gasteiger charge is -2.30. The molecule has 0 spiro atoms. The van der Waals surface area contributed by atoms with Crippen molar-refractivity contribution in [1.82, 2.24) is 0 Å². The Kier molecular flexibility index (Phi) is 8.20. The zero-order chi connectivity index (χ0) is 29.2. The van der Waals surface area contributed by atoms with Gasteiger partial charge in [-0.3, -0.25) is 9.59 Å². The molecule has 0 saturated carbocycles. The monoisotopic (exact) mass is 536 g/mol. The smallest absolute Gasteiger partial charge is 0.312 e. The molecule has 4 aromatic carbocycles. The first-order valence-corrected chi connectivity index (χ1v) is 13.8. The van der Waals surface area contributed by atoms with Crippen molar-refractivity contribution in [3.8, 4) is 0 Å². The van der Waals surface area contributed by atoms with E-state index in [0.717, 1.165) is 44.2 Å². The molecule has 0 radical (unpaired) electrons. The van der Waals surface area contributed by atoms with E-state index in [1.807, 2.05) is 115 Å². The molecule has 208 valence electrons. The summed E-state index contributed by atoms with van der Waals surface area (Å²) in [5, 5.41) is 2.12. The van der Waals surface area contributed by atoms with Gasteiger partial charge >= 0.3 is 11.9 Å². The third-order valence-corrected chi connectivity index (χ3v) is 7.07. The summed E-state index contributed by atoms with van der Waals surface area (Å²) >= 11 is 0. The molecule has 0 bridgehead atoms. The maximum atomic E-state index is 13.4. The number of rotatable bonds is 6. The highest BCUT2D eigenvalue weighted by molar-refractivity contribution is 5.89. The van der Waals surface area contributed by atoms with Crippen LogP contribution in [0.2, 0.25) is 0 Å². The summed E-state index contributed by atoms with van der Waals surface area (Å²) < 4.78 is 12.6. The molecule has 4 aromatic rings. The molecule has 0 aliphatic carbocycles. The number of ether oxygens (including phenoxy) is 2. The highest BCUT2D eigenvalue weighted by atomic mass is 16.6. The van der Waals surface area contributed by atoms with Gasteiger partial charge in [-0.2, -0.15) is 0 Å². The second-order valence-electron chi connectivity index (χ2n) is 12.6. The molecule has 0 amide bonds. The predicted molar refractivity (Wildman–Crippen MR) is 161 cm³/mol. The lowest BCUT2D eigenvalue weighted by molar-refractivity contribution is -0.158. The van der Waals surface area contributed by atoms with Gasteiger partial charge in [0.1, 0.15) is 0 Å². The Bertz CT molecular complexity index is 1520. The molecular formula is C36H40O4. The topological polar surface area (TPSA) is 52.6 Å². The van der Waals surface area contributed by atoms with Crippen molar-refractivity contribution in [3.05, 3.63) is 118 Å². The van der Waals surface area contributed by atoms with Crippen molar-refractivity contribution >= 4 is 22.7 Å². The van der Waals surface area contributed by atoms with E-state index in [9.17, 15) is 9.59 Å².